The van der Waals surface area contributed by atoms with Crippen LogP contribution in [0.2, 0.25) is 0 Å². The van der Waals surface area contributed by atoms with E-state index in [-0.39, 0.29) is 0 Å². The van der Waals surface area contributed by atoms with E-state index in [4.69, 9.17) is 0 Å². The summed E-state index contributed by atoms with van der Waals surface area (Å²) in [4.78, 5) is 0. The van der Waals surface area contributed by atoms with Gasteiger partial charge in [-0.2, -0.15) is 0 Å². The lowest BCUT2D eigenvalue weighted by Gasteiger charge is -2.26. The Kier molecular flexibility index (Phi) is 4.49. The van der Waals surface area contributed by atoms with Gasteiger partial charge in [-0.05, 0) is 56.5 Å². The van der Waals surface area contributed by atoms with Crippen LogP contribution in [0.4, 0.5) is 0 Å². The summed E-state index contributed by atoms with van der Waals surface area (Å²) in [5, 5.41) is 3.54. The lowest BCUT2D eigenvalue weighted by Crippen LogP contribution is -2.18. The van der Waals surface area contributed by atoms with Crippen LogP contribution in [0.5, 0.6) is 0 Å². The Hall–Kier alpha value is -0.0400. The molecule has 1 nitrogen and oxygen atoms in total. The molecule has 0 aromatic heterocycles. The summed E-state index contributed by atoms with van der Waals surface area (Å²) in [6.07, 6.45) is 11.9. The fourth-order valence-corrected chi connectivity index (χ4v) is 3.60. The number of hydrogen-bond acceptors (Lipinski definition) is 1. The normalized spacial score (nSPS) is 39.4. The maximum Gasteiger partial charge on any atom is -0.00462 e. The summed E-state index contributed by atoms with van der Waals surface area (Å²) >= 11 is 0. The van der Waals surface area contributed by atoms with Crippen molar-refractivity contribution in [2.75, 3.05) is 13.1 Å². The Morgan fingerprint density at radius 3 is 2.53 bits per heavy atom. The van der Waals surface area contributed by atoms with E-state index in [0.29, 0.717) is 0 Å². The van der Waals surface area contributed by atoms with E-state index in [0.717, 1.165) is 17.8 Å². The van der Waals surface area contributed by atoms with Crippen LogP contribution in [-0.2, 0) is 0 Å². The lowest BCUT2D eigenvalue weighted by atomic mass is 9.80. The summed E-state index contributed by atoms with van der Waals surface area (Å²) in [6, 6.07) is 0. The van der Waals surface area contributed by atoms with E-state index < -0.39 is 0 Å². The summed E-state index contributed by atoms with van der Waals surface area (Å²) in [5.74, 6) is 3.09. The molecule has 3 unspecified atom stereocenters. The topological polar surface area (TPSA) is 12.0 Å². The molecule has 1 heteroatoms. The van der Waals surface area contributed by atoms with Crippen LogP contribution < -0.4 is 5.32 Å². The summed E-state index contributed by atoms with van der Waals surface area (Å²) in [5.41, 5.74) is 0. The van der Waals surface area contributed by atoms with Gasteiger partial charge in [0.25, 0.3) is 0 Å². The monoisotopic (exact) mass is 209 g/mol. The first-order valence-electron chi connectivity index (χ1n) is 7.07. The number of nitrogens with one attached hydrogen (secondary N) is 1. The highest BCUT2D eigenvalue weighted by atomic mass is 14.8. The predicted octanol–water partition coefficient (Wildman–Crippen LogP) is 3.59. The third kappa shape index (κ3) is 3.48. The van der Waals surface area contributed by atoms with Gasteiger partial charge in [-0.15, -0.1) is 0 Å². The fourth-order valence-electron chi connectivity index (χ4n) is 3.60. The molecule has 2 fully saturated rings. The van der Waals surface area contributed by atoms with Gasteiger partial charge in [0.1, 0.15) is 0 Å². The third-order valence-corrected chi connectivity index (χ3v) is 4.51. The van der Waals surface area contributed by atoms with Crippen molar-refractivity contribution in [3.63, 3.8) is 0 Å². The molecule has 1 saturated heterocycles. The van der Waals surface area contributed by atoms with E-state index in [1.807, 2.05) is 0 Å². The lowest BCUT2D eigenvalue weighted by molar-refractivity contribution is 0.252. The standard InChI is InChI=1S/C14H27N/c1-12-5-2-3-6-14(11-12)13-7-4-9-15-10-8-13/h12-15H,2-11H2,1H3. The Morgan fingerprint density at radius 1 is 0.800 bits per heavy atom. The molecule has 0 amide bonds. The molecular formula is C14H27N. The van der Waals surface area contributed by atoms with Gasteiger partial charge in [-0.25, -0.2) is 0 Å². The van der Waals surface area contributed by atoms with Gasteiger partial charge in [0.2, 0.25) is 0 Å². The highest BCUT2D eigenvalue weighted by Crippen LogP contribution is 2.36. The molecule has 1 aliphatic carbocycles. The van der Waals surface area contributed by atoms with Crippen molar-refractivity contribution in [3.8, 4) is 0 Å². The third-order valence-electron chi connectivity index (χ3n) is 4.51. The summed E-state index contributed by atoms with van der Waals surface area (Å²) in [7, 11) is 0. The van der Waals surface area contributed by atoms with E-state index >= 15 is 0 Å². The second kappa shape index (κ2) is 5.89. The molecule has 1 heterocycles. The molecule has 0 radical (unpaired) electrons. The molecule has 0 bridgehead atoms. The minimum atomic E-state index is 0.994. The zero-order valence-corrected chi connectivity index (χ0v) is 10.3. The zero-order valence-electron chi connectivity index (χ0n) is 10.3. The van der Waals surface area contributed by atoms with E-state index in [9.17, 15) is 0 Å². The largest absolute Gasteiger partial charge is 0.317 e. The molecule has 3 atom stereocenters. The SMILES string of the molecule is CC1CCCCC(C2CCCNCC2)C1. The van der Waals surface area contributed by atoms with Gasteiger partial charge < -0.3 is 5.32 Å². The molecule has 1 saturated carbocycles. The summed E-state index contributed by atoms with van der Waals surface area (Å²) in [6.45, 7) is 5.00. The van der Waals surface area contributed by atoms with Crippen molar-refractivity contribution in [1.82, 2.24) is 5.32 Å². The molecule has 0 spiro atoms. The Balaban J connectivity index is 1.88. The highest BCUT2D eigenvalue weighted by Gasteiger charge is 2.25. The summed E-state index contributed by atoms with van der Waals surface area (Å²) < 4.78 is 0. The fraction of sp³-hybridized carbons (Fsp3) is 1.00. The molecular weight excluding hydrogens is 182 g/mol. The molecule has 2 aliphatic rings. The average Bonchev–Trinajstić information content (AvgIpc) is 2.59. The van der Waals surface area contributed by atoms with Crippen molar-refractivity contribution < 1.29 is 0 Å². The van der Waals surface area contributed by atoms with Crippen LogP contribution in [0.25, 0.3) is 0 Å². The van der Waals surface area contributed by atoms with Crippen molar-refractivity contribution in [1.29, 1.82) is 0 Å². The number of rotatable bonds is 1. The van der Waals surface area contributed by atoms with E-state index in [2.05, 4.69) is 12.2 Å². The number of hydrogen-bond donors (Lipinski definition) is 1. The van der Waals surface area contributed by atoms with E-state index in [1.54, 1.807) is 0 Å². The first kappa shape index (κ1) is 11.4. The van der Waals surface area contributed by atoms with Crippen LogP contribution in [0.1, 0.15) is 58.3 Å². The smallest absolute Gasteiger partial charge is 0.00462 e. The molecule has 15 heavy (non-hydrogen) atoms. The van der Waals surface area contributed by atoms with E-state index in [1.165, 1.54) is 64.5 Å². The second-order valence-corrected chi connectivity index (χ2v) is 5.83. The van der Waals surface area contributed by atoms with Crippen molar-refractivity contribution >= 4 is 0 Å². The highest BCUT2D eigenvalue weighted by molar-refractivity contribution is 4.78. The van der Waals surface area contributed by atoms with Gasteiger partial charge in [0.05, 0.1) is 0 Å². The van der Waals surface area contributed by atoms with Crippen LogP contribution in [0, 0.1) is 17.8 Å². The molecule has 0 aromatic rings. The predicted molar refractivity (Wildman–Crippen MR) is 65.9 cm³/mol. The Morgan fingerprint density at radius 2 is 1.60 bits per heavy atom. The van der Waals surface area contributed by atoms with Gasteiger partial charge in [0, 0.05) is 0 Å². The maximum absolute atomic E-state index is 3.54. The van der Waals surface area contributed by atoms with Gasteiger partial charge >= 0.3 is 0 Å². The minimum absolute atomic E-state index is 0.994. The minimum Gasteiger partial charge on any atom is -0.317 e. The zero-order chi connectivity index (χ0) is 10.5. The Labute approximate surface area is 95.0 Å². The molecule has 1 N–H and O–H groups in total. The molecule has 2 rings (SSSR count). The first-order chi connectivity index (χ1) is 7.36. The second-order valence-electron chi connectivity index (χ2n) is 5.83. The van der Waals surface area contributed by atoms with Gasteiger partial charge in [0.15, 0.2) is 0 Å². The molecule has 88 valence electrons. The van der Waals surface area contributed by atoms with Crippen LogP contribution in [0.3, 0.4) is 0 Å². The van der Waals surface area contributed by atoms with Crippen LogP contribution in [-0.4, -0.2) is 13.1 Å². The van der Waals surface area contributed by atoms with Crippen LogP contribution in [0.15, 0.2) is 0 Å². The quantitative estimate of drug-likeness (QED) is 0.651. The Bertz CT molecular complexity index is 170. The van der Waals surface area contributed by atoms with Gasteiger partial charge in [-0.3, -0.25) is 0 Å². The average molecular weight is 209 g/mol. The molecule has 1 aliphatic heterocycles. The van der Waals surface area contributed by atoms with Crippen molar-refractivity contribution in [2.45, 2.75) is 58.3 Å². The van der Waals surface area contributed by atoms with Crippen molar-refractivity contribution in [3.05, 3.63) is 0 Å². The van der Waals surface area contributed by atoms with Crippen molar-refractivity contribution in [2.24, 2.45) is 17.8 Å². The van der Waals surface area contributed by atoms with Gasteiger partial charge in [-0.1, -0.05) is 32.6 Å². The first-order valence-corrected chi connectivity index (χ1v) is 7.07. The van der Waals surface area contributed by atoms with Crippen LogP contribution >= 0.6 is 0 Å². The molecule has 0 aromatic carbocycles. The maximum atomic E-state index is 3.54.